The molecule has 11 heteroatoms. The molecule has 1 N–H and O–H groups in total. The quantitative estimate of drug-likeness (QED) is 0.483. The second-order valence-electron chi connectivity index (χ2n) is 9.44. The number of nitrogens with zero attached hydrogens (tertiary/aromatic N) is 5. The van der Waals surface area contributed by atoms with Crippen LogP contribution in [0.1, 0.15) is 28.8 Å². The molecule has 38 heavy (non-hydrogen) atoms. The van der Waals surface area contributed by atoms with Gasteiger partial charge in [-0.25, -0.2) is 14.8 Å². The molecular formula is C27H32N6O5. The van der Waals surface area contributed by atoms with Gasteiger partial charge in [0, 0.05) is 44.5 Å². The van der Waals surface area contributed by atoms with Gasteiger partial charge in [-0.3, -0.25) is 9.69 Å². The molecule has 0 saturated carbocycles. The summed E-state index contributed by atoms with van der Waals surface area (Å²) < 4.78 is 12.5. The maximum absolute atomic E-state index is 12.6. The molecule has 0 aliphatic carbocycles. The number of hydrogen-bond donors (Lipinski definition) is 1. The molecule has 2 fully saturated rings. The van der Waals surface area contributed by atoms with Crippen LogP contribution in [-0.2, 0) is 11.3 Å². The maximum atomic E-state index is 12.6. The number of rotatable bonds is 8. The minimum Gasteiger partial charge on any atom is -0.413 e. The van der Waals surface area contributed by atoms with Crippen LogP contribution in [-0.4, -0.2) is 82.5 Å². The van der Waals surface area contributed by atoms with Crippen molar-refractivity contribution >= 4 is 17.8 Å². The highest BCUT2D eigenvalue weighted by Gasteiger charge is 2.25. The first-order chi connectivity index (χ1) is 18.6. The predicted octanol–water partition coefficient (Wildman–Crippen LogP) is 2.70. The largest absolute Gasteiger partial charge is 0.415 e. The van der Waals surface area contributed by atoms with Crippen LogP contribution in [0.3, 0.4) is 0 Å². The van der Waals surface area contributed by atoms with Crippen molar-refractivity contribution in [1.29, 1.82) is 0 Å². The molecule has 2 aromatic heterocycles. The Morgan fingerprint density at radius 3 is 2.50 bits per heavy atom. The highest BCUT2D eigenvalue weighted by Crippen LogP contribution is 2.20. The van der Waals surface area contributed by atoms with Gasteiger partial charge in [0.05, 0.1) is 25.6 Å². The molecule has 11 nitrogen and oxygen atoms in total. The monoisotopic (exact) mass is 520 g/mol. The van der Waals surface area contributed by atoms with E-state index in [1.54, 1.807) is 40.5 Å². The fraction of sp³-hybridized carbons (Fsp3) is 0.407. The number of imidazole rings is 1. The second-order valence-corrected chi connectivity index (χ2v) is 9.44. The van der Waals surface area contributed by atoms with Crippen LogP contribution in [0.5, 0.6) is 5.75 Å². The predicted molar refractivity (Wildman–Crippen MR) is 139 cm³/mol. The number of piperidine rings is 1. The lowest BCUT2D eigenvalue weighted by Crippen LogP contribution is -2.41. The zero-order valence-corrected chi connectivity index (χ0v) is 21.2. The number of morpholine rings is 1. The molecule has 2 aliphatic heterocycles. The number of hydrogen-bond acceptors (Lipinski definition) is 8. The molecule has 2 saturated heterocycles. The fourth-order valence-electron chi connectivity index (χ4n) is 4.44. The first-order valence-corrected chi connectivity index (χ1v) is 12.9. The number of likely N-dealkylation sites (tertiary alicyclic amines) is 1. The molecule has 0 radical (unpaired) electrons. The average molecular weight is 521 g/mol. The molecule has 0 spiro atoms. The van der Waals surface area contributed by atoms with Crippen molar-refractivity contribution in [3.63, 3.8) is 0 Å². The van der Waals surface area contributed by atoms with E-state index < -0.39 is 6.09 Å². The van der Waals surface area contributed by atoms with Crippen molar-refractivity contribution in [3.05, 3.63) is 72.4 Å². The molecule has 0 atom stereocenters. The van der Waals surface area contributed by atoms with E-state index >= 15 is 0 Å². The van der Waals surface area contributed by atoms with Gasteiger partial charge in [-0.15, -0.1) is 0 Å². The molecule has 0 bridgehead atoms. The number of ether oxygens (including phenoxy) is 2. The molecule has 0 unspecified atom stereocenters. The maximum Gasteiger partial charge on any atom is 0.415 e. The van der Waals surface area contributed by atoms with E-state index in [4.69, 9.17) is 14.3 Å². The van der Waals surface area contributed by atoms with E-state index in [2.05, 4.69) is 20.2 Å². The number of anilines is 1. The normalized spacial score (nSPS) is 16.7. The standard InChI is InChI=1S/C27H32N6O5/c34-26(23-3-1-21(2-4-23)18-31-13-15-36-16-14-31)30-25-6-5-24(17-29-25)38-27(35)32-10-7-22(8-11-32)19-37-33-12-9-28-20-33/h1-6,9,12,17,20,22H,7-8,10-11,13-16,18-19H2,(H,29,30,34). The molecular weight excluding hydrogens is 488 g/mol. The summed E-state index contributed by atoms with van der Waals surface area (Å²) in [6, 6.07) is 10.8. The Labute approximate surface area is 221 Å². The number of benzene rings is 1. The fourth-order valence-corrected chi connectivity index (χ4v) is 4.44. The van der Waals surface area contributed by atoms with Crippen LogP contribution in [0, 0.1) is 5.92 Å². The number of carbonyl (C=O) groups is 2. The molecule has 1 aromatic carbocycles. The lowest BCUT2D eigenvalue weighted by Gasteiger charge is -2.30. The Hall–Kier alpha value is -3.96. The number of amides is 2. The third-order valence-corrected chi connectivity index (χ3v) is 6.72. The zero-order chi connectivity index (χ0) is 26.2. The van der Waals surface area contributed by atoms with E-state index in [0.29, 0.717) is 42.7 Å². The Morgan fingerprint density at radius 1 is 1.03 bits per heavy atom. The van der Waals surface area contributed by atoms with Crippen LogP contribution >= 0.6 is 0 Å². The molecule has 2 aliphatic rings. The molecule has 4 heterocycles. The van der Waals surface area contributed by atoms with E-state index in [1.165, 1.54) is 6.20 Å². The van der Waals surface area contributed by atoms with Gasteiger partial charge in [-0.2, -0.15) is 4.73 Å². The van der Waals surface area contributed by atoms with E-state index in [9.17, 15) is 9.59 Å². The highest BCUT2D eigenvalue weighted by atomic mass is 16.7. The van der Waals surface area contributed by atoms with Crippen molar-refractivity contribution < 1.29 is 23.9 Å². The van der Waals surface area contributed by atoms with Crippen LogP contribution in [0.4, 0.5) is 10.6 Å². The first kappa shape index (κ1) is 25.7. The lowest BCUT2D eigenvalue weighted by atomic mass is 9.98. The second kappa shape index (κ2) is 12.5. The Balaban J connectivity index is 1.05. The average Bonchev–Trinajstić information content (AvgIpc) is 3.48. The minimum absolute atomic E-state index is 0.250. The summed E-state index contributed by atoms with van der Waals surface area (Å²) in [5.74, 6) is 0.823. The van der Waals surface area contributed by atoms with Gasteiger partial charge in [0.1, 0.15) is 18.8 Å². The summed E-state index contributed by atoms with van der Waals surface area (Å²) in [4.78, 5) is 43.1. The van der Waals surface area contributed by atoms with Gasteiger partial charge in [0.25, 0.3) is 5.91 Å². The third-order valence-electron chi connectivity index (χ3n) is 6.72. The number of aromatic nitrogens is 3. The van der Waals surface area contributed by atoms with Crippen molar-refractivity contribution in [2.45, 2.75) is 19.4 Å². The summed E-state index contributed by atoms with van der Waals surface area (Å²) >= 11 is 0. The van der Waals surface area contributed by atoms with Crippen LogP contribution in [0.2, 0.25) is 0 Å². The van der Waals surface area contributed by atoms with Gasteiger partial charge in [-0.1, -0.05) is 12.1 Å². The Morgan fingerprint density at radius 2 is 1.82 bits per heavy atom. The van der Waals surface area contributed by atoms with Crippen LogP contribution in [0.25, 0.3) is 0 Å². The summed E-state index contributed by atoms with van der Waals surface area (Å²) in [5.41, 5.74) is 1.70. The van der Waals surface area contributed by atoms with Gasteiger partial charge in [0.2, 0.25) is 0 Å². The Kier molecular flexibility index (Phi) is 8.46. The van der Waals surface area contributed by atoms with Gasteiger partial charge in [-0.05, 0) is 48.6 Å². The minimum atomic E-state index is -0.408. The summed E-state index contributed by atoms with van der Waals surface area (Å²) in [7, 11) is 0. The third kappa shape index (κ3) is 7.08. The van der Waals surface area contributed by atoms with Crippen LogP contribution < -0.4 is 14.9 Å². The van der Waals surface area contributed by atoms with Gasteiger partial charge in [0.15, 0.2) is 5.75 Å². The van der Waals surface area contributed by atoms with E-state index in [0.717, 1.165) is 51.3 Å². The lowest BCUT2D eigenvalue weighted by molar-refractivity contribution is 0.0342. The van der Waals surface area contributed by atoms with E-state index in [-0.39, 0.29) is 5.91 Å². The molecule has 200 valence electrons. The van der Waals surface area contributed by atoms with E-state index in [1.807, 2.05) is 24.3 Å². The zero-order valence-electron chi connectivity index (χ0n) is 21.2. The summed E-state index contributed by atoms with van der Waals surface area (Å²) in [6.45, 7) is 5.97. The van der Waals surface area contributed by atoms with Crippen molar-refractivity contribution in [2.75, 3.05) is 51.3 Å². The van der Waals surface area contributed by atoms with Crippen molar-refractivity contribution in [3.8, 4) is 5.75 Å². The SMILES string of the molecule is O=C(Nc1ccc(OC(=O)N2CCC(COn3ccnc3)CC2)cn1)c1ccc(CN2CCOCC2)cc1. The Bertz CT molecular complexity index is 1170. The molecule has 3 aromatic rings. The van der Waals surface area contributed by atoms with Crippen molar-refractivity contribution in [1.82, 2.24) is 24.5 Å². The smallest absolute Gasteiger partial charge is 0.413 e. The van der Waals surface area contributed by atoms with Crippen molar-refractivity contribution in [2.24, 2.45) is 5.92 Å². The number of pyridine rings is 1. The molecule has 2 amide bonds. The van der Waals surface area contributed by atoms with Gasteiger partial charge < -0.3 is 24.5 Å². The summed E-state index contributed by atoms with van der Waals surface area (Å²) in [5, 5.41) is 2.78. The topological polar surface area (TPSA) is 111 Å². The number of nitrogens with one attached hydrogen (secondary N) is 1. The highest BCUT2D eigenvalue weighted by molar-refractivity contribution is 6.03. The molecule has 5 rings (SSSR count). The first-order valence-electron chi connectivity index (χ1n) is 12.9. The van der Waals surface area contributed by atoms with Crippen LogP contribution in [0.15, 0.2) is 61.3 Å². The summed E-state index contributed by atoms with van der Waals surface area (Å²) in [6.07, 6.45) is 7.73. The van der Waals surface area contributed by atoms with Gasteiger partial charge >= 0.3 is 6.09 Å². The number of carbonyl (C=O) groups excluding carboxylic acids is 2.